The summed E-state index contributed by atoms with van der Waals surface area (Å²) in [6, 6.07) is 5.78. The Morgan fingerprint density at radius 3 is 1.90 bits per heavy atom. The molecule has 0 spiro atoms. The number of nitrogens with one attached hydrogen (secondary N) is 1. The maximum absolute atomic E-state index is 14.6. The van der Waals surface area contributed by atoms with E-state index in [1.165, 1.54) is 20.2 Å². The Balaban J connectivity index is 2.54. The summed E-state index contributed by atoms with van der Waals surface area (Å²) in [6.45, 7) is 3.42. The molecule has 0 aliphatic carbocycles. The normalized spacial score (nSPS) is 13.2. The molecule has 0 fully saturated rings. The van der Waals surface area contributed by atoms with Crippen molar-refractivity contribution in [2.24, 2.45) is 5.73 Å². The van der Waals surface area contributed by atoms with Crippen LogP contribution in [0.1, 0.15) is 31.4 Å². The number of benzene rings is 2. The minimum Gasteiger partial charge on any atom is -0.357 e. The minimum absolute atomic E-state index is 0.0428. The fourth-order valence-corrected chi connectivity index (χ4v) is 3.95. The summed E-state index contributed by atoms with van der Waals surface area (Å²) in [5, 5.41) is 2.45. The fourth-order valence-electron chi connectivity index (χ4n) is 3.95. The van der Waals surface area contributed by atoms with Gasteiger partial charge < -0.3 is 20.9 Å². The lowest BCUT2D eigenvalue weighted by molar-refractivity contribution is -0.146. The highest BCUT2D eigenvalue weighted by molar-refractivity contribution is 5.95. The van der Waals surface area contributed by atoms with E-state index in [1.54, 1.807) is 44.2 Å². The molecule has 0 aromatic heterocycles. The van der Waals surface area contributed by atoms with Crippen LogP contribution in [0.15, 0.2) is 42.5 Å². The molecule has 0 radical (unpaired) electrons. The molecule has 2 aromatic carbocycles. The topological polar surface area (TPSA) is 95.7 Å². The lowest BCUT2D eigenvalue weighted by atomic mass is 9.99. The van der Waals surface area contributed by atoms with Gasteiger partial charge in [-0.1, -0.05) is 36.4 Å². The zero-order chi connectivity index (χ0) is 30.4. The van der Waals surface area contributed by atoms with Gasteiger partial charge >= 0.3 is 0 Å². The summed E-state index contributed by atoms with van der Waals surface area (Å²) >= 11 is 0. The molecule has 2 aromatic rings. The number of amides is 3. The molecule has 2 rings (SSSR count). The molecule has 0 saturated heterocycles. The smallest absolute Gasteiger partial charge is 0.246 e. The SMILES string of the molecule is CNC(=O)[C@@H](Cc1ccccc1)N(C)C(=O)[C@@H](Cc1c(F)c(F)c(F)c(F)c1F)N(C)C(=O)C=CCC(C)(C)N. The minimum atomic E-state index is -2.35. The van der Waals surface area contributed by atoms with Crippen LogP contribution in [-0.2, 0) is 27.2 Å². The second-order valence-electron chi connectivity index (χ2n) is 10.1. The molecule has 0 aliphatic heterocycles. The first-order chi connectivity index (χ1) is 18.6. The number of likely N-dealkylation sites (N-methyl/N-ethyl adjacent to an activating group) is 3. The van der Waals surface area contributed by atoms with Gasteiger partial charge in [0.1, 0.15) is 12.1 Å². The van der Waals surface area contributed by atoms with Gasteiger partial charge in [-0.3, -0.25) is 14.4 Å². The molecule has 0 heterocycles. The van der Waals surface area contributed by atoms with Crippen LogP contribution in [0.25, 0.3) is 0 Å². The molecule has 3 amide bonds. The second kappa shape index (κ2) is 13.5. The van der Waals surface area contributed by atoms with Gasteiger partial charge in [0.25, 0.3) is 0 Å². The van der Waals surface area contributed by atoms with E-state index in [0.29, 0.717) is 5.56 Å². The number of carbonyl (C=O) groups is 3. The van der Waals surface area contributed by atoms with Gasteiger partial charge in [-0.25, -0.2) is 22.0 Å². The third-order valence-electron chi connectivity index (χ3n) is 6.34. The van der Waals surface area contributed by atoms with E-state index in [9.17, 15) is 36.3 Å². The molecule has 0 aliphatic rings. The van der Waals surface area contributed by atoms with Gasteiger partial charge in [0.2, 0.25) is 23.5 Å². The number of rotatable bonds is 11. The first-order valence-corrected chi connectivity index (χ1v) is 12.3. The maximum Gasteiger partial charge on any atom is 0.246 e. The Bertz CT molecular complexity index is 1240. The van der Waals surface area contributed by atoms with Gasteiger partial charge in [0.05, 0.1) is 0 Å². The largest absolute Gasteiger partial charge is 0.357 e. The quantitative estimate of drug-likeness (QED) is 0.188. The van der Waals surface area contributed by atoms with Crippen molar-refractivity contribution < 1.29 is 36.3 Å². The highest BCUT2D eigenvalue weighted by Gasteiger charge is 2.37. The van der Waals surface area contributed by atoms with Gasteiger partial charge in [-0.2, -0.15) is 0 Å². The molecular weight excluding hydrogens is 535 g/mol. The van der Waals surface area contributed by atoms with Gasteiger partial charge in [-0.05, 0) is 31.9 Å². The van der Waals surface area contributed by atoms with Crippen LogP contribution in [0.4, 0.5) is 22.0 Å². The standard InChI is InChI=1S/C28H33F5N4O3/c1-28(2,34)13-9-12-20(38)36(4)19(15-17-21(29)23(31)25(33)24(32)22(17)30)27(40)37(5)18(26(39)35-3)14-16-10-7-6-8-11-16/h6-12,18-19H,13-15,34H2,1-5H3,(H,35,39)/t18-,19-/m1/s1. The van der Waals surface area contributed by atoms with Crippen molar-refractivity contribution in [3.8, 4) is 0 Å². The Labute approximate surface area is 229 Å². The Morgan fingerprint density at radius 1 is 0.875 bits per heavy atom. The number of hydrogen-bond donors (Lipinski definition) is 2. The van der Waals surface area contributed by atoms with E-state index in [1.807, 2.05) is 0 Å². The van der Waals surface area contributed by atoms with Gasteiger partial charge in [0, 0.05) is 45.1 Å². The van der Waals surface area contributed by atoms with Crippen LogP contribution in [0.5, 0.6) is 0 Å². The monoisotopic (exact) mass is 568 g/mol. The summed E-state index contributed by atoms with van der Waals surface area (Å²) in [4.78, 5) is 41.2. The van der Waals surface area contributed by atoms with Crippen LogP contribution in [0.2, 0.25) is 0 Å². The zero-order valence-corrected chi connectivity index (χ0v) is 22.9. The van der Waals surface area contributed by atoms with Crippen molar-refractivity contribution in [3.63, 3.8) is 0 Å². The van der Waals surface area contributed by atoms with Gasteiger partial charge in [-0.15, -0.1) is 0 Å². The average molecular weight is 569 g/mol. The number of nitrogens with two attached hydrogens (primary N) is 1. The van der Waals surface area contributed by atoms with Crippen LogP contribution < -0.4 is 11.1 Å². The third kappa shape index (κ3) is 7.87. The predicted molar refractivity (Wildman–Crippen MR) is 139 cm³/mol. The van der Waals surface area contributed by atoms with Crippen molar-refractivity contribution in [2.75, 3.05) is 21.1 Å². The Kier molecular flexibility index (Phi) is 10.9. The Morgan fingerprint density at radius 2 is 1.40 bits per heavy atom. The summed E-state index contributed by atoms with van der Waals surface area (Å²) < 4.78 is 70.8. The molecule has 0 saturated carbocycles. The maximum atomic E-state index is 14.6. The molecule has 12 heteroatoms. The van der Waals surface area contributed by atoms with Gasteiger partial charge in [0.15, 0.2) is 23.3 Å². The number of nitrogens with zero attached hydrogens (tertiary/aromatic N) is 2. The molecule has 40 heavy (non-hydrogen) atoms. The summed E-state index contributed by atoms with van der Waals surface area (Å²) in [5.41, 5.74) is 4.65. The number of carbonyl (C=O) groups excluding carboxylic acids is 3. The van der Waals surface area contributed by atoms with Crippen LogP contribution in [0.3, 0.4) is 0 Å². The number of hydrogen-bond acceptors (Lipinski definition) is 4. The van der Waals surface area contributed by atoms with Crippen molar-refractivity contribution in [3.05, 3.63) is 82.7 Å². The molecule has 218 valence electrons. The summed E-state index contributed by atoms with van der Waals surface area (Å²) in [5.74, 6) is -13.3. The average Bonchev–Trinajstić information content (AvgIpc) is 2.92. The van der Waals surface area contributed by atoms with E-state index in [-0.39, 0.29) is 12.8 Å². The van der Waals surface area contributed by atoms with Crippen LogP contribution in [0, 0.1) is 29.1 Å². The predicted octanol–water partition coefficient (Wildman–Crippen LogP) is 3.25. The molecule has 2 atom stereocenters. The lowest BCUT2D eigenvalue weighted by Crippen LogP contribution is -2.55. The fraction of sp³-hybridized carbons (Fsp3) is 0.393. The summed E-state index contributed by atoms with van der Waals surface area (Å²) in [6.07, 6.45) is 1.78. The Hall–Kier alpha value is -3.80. The van der Waals surface area contributed by atoms with Crippen molar-refractivity contribution in [1.29, 1.82) is 0 Å². The highest BCUT2D eigenvalue weighted by Crippen LogP contribution is 2.26. The van der Waals surface area contributed by atoms with E-state index in [4.69, 9.17) is 5.73 Å². The third-order valence-corrected chi connectivity index (χ3v) is 6.34. The van der Waals surface area contributed by atoms with Crippen molar-refractivity contribution in [1.82, 2.24) is 15.1 Å². The summed E-state index contributed by atoms with van der Waals surface area (Å²) in [7, 11) is 3.75. The molecule has 7 nitrogen and oxygen atoms in total. The number of halogens is 5. The second-order valence-corrected chi connectivity index (χ2v) is 10.1. The van der Waals surface area contributed by atoms with Crippen LogP contribution in [-0.4, -0.2) is 66.3 Å². The van der Waals surface area contributed by atoms with Crippen LogP contribution >= 0.6 is 0 Å². The van der Waals surface area contributed by atoms with Crippen molar-refractivity contribution >= 4 is 17.7 Å². The van der Waals surface area contributed by atoms with E-state index in [0.717, 1.165) is 22.9 Å². The molecule has 3 N–H and O–H groups in total. The van der Waals surface area contributed by atoms with E-state index >= 15 is 0 Å². The molecule has 0 bridgehead atoms. The van der Waals surface area contributed by atoms with Crippen molar-refractivity contribution in [2.45, 2.75) is 50.7 Å². The first-order valence-electron chi connectivity index (χ1n) is 12.3. The zero-order valence-electron chi connectivity index (χ0n) is 22.9. The van der Waals surface area contributed by atoms with E-state index < -0.39 is 76.4 Å². The molecular formula is C28H33F5N4O3. The lowest BCUT2D eigenvalue weighted by Gasteiger charge is -2.34. The first kappa shape index (κ1) is 32.4. The highest BCUT2D eigenvalue weighted by atomic mass is 19.2. The van der Waals surface area contributed by atoms with E-state index in [2.05, 4.69) is 5.32 Å². The molecule has 0 unspecified atom stereocenters.